The van der Waals surface area contributed by atoms with Crippen LogP contribution in [0.15, 0.2) is 65.1 Å². The van der Waals surface area contributed by atoms with Crippen molar-refractivity contribution < 1.29 is 14.3 Å². The van der Waals surface area contributed by atoms with Crippen molar-refractivity contribution in [3.05, 3.63) is 76.0 Å². The summed E-state index contributed by atoms with van der Waals surface area (Å²) >= 11 is 1.42. The van der Waals surface area contributed by atoms with Crippen LogP contribution in [0.3, 0.4) is 0 Å². The predicted octanol–water partition coefficient (Wildman–Crippen LogP) is 4.82. The van der Waals surface area contributed by atoms with Crippen molar-refractivity contribution >= 4 is 28.6 Å². The molecule has 0 N–H and O–H groups in total. The molecule has 1 aliphatic rings. The Bertz CT molecular complexity index is 1070. The van der Waals surface area contributed by atoms with Crippen molar-refractivity contribution in [2.24, 2.45) is 5.10 Å². The Hall–Kier alpha value is -3.32. The van der Waals surface area contributed by atoms with E-state index in [0.29, 0.717) is 22.8 Å². The second kappa shape index (κ2) is 8.81. The Balaban J connectivity index is 1.73. The molecular formula is C24H25N3O3S. The standard InChI is InChI=1S/C24H25N3O3S/c1-26(2)18-9-7-16(8-10-18)22-15-21(17-12-19(29-3)14-20(13-17)30-4)25-27(22)24(28)23-6-5-11-31-23/h5-14,22H,15H2,1-4H3/t22-/m0/s1. The summed E-state index contributed by atoms with van der Waals surface area (Å²) < 4.78 is 10.8. The monoisotopic (exact) mass is 435 g/mol. The van der Waals surface area contributed by atoms with Crippen LogP contribution in [-0.2, 0) is 0 Å². The molecule has 3 aromatic rings. The molecule has 0 radical (unpaired) electrons. The van der Waals surface area contributed by atoms with Crippen molar-refractivity contribution in [2.45, 2.75) is 12.5 Å². The van der Waals surface area contributed by atoms with Gasteiger partial charge in [0, 0.05) is 37.8 Å². The lowest BCUT2D eigenvalue weighted by atomic mass is 9.97. The summed E-state index contributed by atoms with van der Waals surface area (Å²) in [5.41, 5.74) is 3.86. The SMILES string of the molecule is COc1cc(OC)cc(C2=NN(C(=O)c3cccs3)[C@H](c3ccc(N(C)C)cc3)C2)c1. The topological polar surface area (TPSA) is 54.4 Å². The Morgan fingerprint density at radius 2 is 1.74 bits per heavy atom. The van der Waals surface area contributed by atoms with Gasteiger partial charge in [0.15, 0.2) is 0 Å². The third-order valence-corrected chi connectivity index (χ3v) is 6.19. The van der Waals surface area contributed by atoms with Crippen LogP contribution < -0.4 is 14.4 Å². The van der Waals surface area contributed by atoms with Gasteiger partial charge in [0.2, 0.25) is 0 Å². The first-order valence-electron chi connectivity index (χ1n) is 9.95. The average Bonchev–Trinajstić information content (AvgIpc) is 3.49. The summed E-state index contributed by atoms with van der Waals surface area (Å²) in [6.45, 7) is 0. The maximum Gasteiger partial charge on any atom is 0.284 e. The van der Waals surface area contributed by atoms with Gasteiger partial charge < -0.3 is 14.4 Å². The summed E-state index contributed by atoms with van der Waals surface area (Å²) in [5.74, 6) is 1.28. The molecule has 0 bridgehead atoms. The van der Waals surface area contributed by atoms with Crippen LogP contribution in [-0.4, -0.2) is 44.9 Å². The molecule has 1 aromatic heterocycles. The average molecular weight is 436 g/mol. The minimum atomic E-state index is -0.182. The number of carbonyl (C=O) groups is 1. The van der Waals surface area contributed by atoms with E-state index in [-0.39, 0.29) is 11.9 Å². The molecule has 0 saturated carbocycles. The van der Waals surface area contributed by atoms with Gasteiger partial charge in [0.05, 0.1) is 30.9 Å². The number of hydrazone groups is 1. The highest BCUT2D eigenvalue weighted by molar-refractivity contribution is 7.12. The van der Waals surface area contributed by atoms with Gasteiger partial charge in [-0.2, -0.15) is 5.10 Å². The van der Waals surface area contributed by atoms with Crippen LogP contribution >= 0.6 is 11.3 Å². The van der Waals surface area contributed by atoms with Crippen molar-refractivity contribution in [3.8, 4) is 11.5 Å². The van der Waals surface area contributed by atoms with Gasteiger partial charge in [-0.05, 0) is 41.3 Å². The molecule has 0 fully saturated rings. The number of rotatable bonds is 6. The third-order valence-electron chi connectivity index (χ3n) is 5.33. The fraction of sp³-hybridized carbons (Fsp3) is 0.250. The molecule has 0 unspecified atom stereocenters. The molecule has 2 heterocycles. The zero-order valence-corrected chi connectivity index (χ0v) is 18.8. The lowest BCUT2D eigenvalue weighted by Crippen LogP contribution is -2.26. The van der Waals surface area contributed by atoms with Crippen molar-refractivity contribution in [2.75, 3.05) is 33.2 Å². The second-order valence-corrected chi connectivity index (χ2v) is 8.43. The second-order valence-electron chi connectivity index (χ2n) is 7.48. The number of amides is 1. The maximum atomic E-state index is 13.3. The third kappa shape index (κ3) is 4.27. The molecule has 0 saturated heterocycles. The lowest BCUT2D eigenvalue weighted by Gasteiger charge is -2.22. The molecule has 7 heteroatoms. The Morgan fingerprint density at radius 1 is 1.06 bits per heavy atom. The smallest absolute Gasteiger partial charge is 0.284 e. The van der Waals surface area contributed by atoms with Crippen molar-refractivity contribution in [1.82, 2.24) is 5.01 Å². The highest BCUT2D eigenvalue weighted by atomic mass is 32.1. The number of nitrogens with zero attached hydrogens (tertiary/aromatic N) is 3. The molecule has 160 valence electrons. The minimum Gasteiger partial charge on any atom is -0.497 e. The normalized spacial score (nSPS) is 15.5. The number of thiophene rings is 1. The number of carbonyl (C=O) groups excluding carboxylic acids is 1. The first-order chi connectivity index (χ1) is 15.0. The molecule has 2 aromatic carbocycles. The Labute approximate surface area is 186 Å². The molecule has 0 spiro atoms. The van der Waals surface area contributed by atoms with Crippen LogP contribution in [0.25, 0.3) is 0 Å². The van der Waals surface area contributed by atoms with E-state index in [2.05, 4.69) is 29.2 Å². The van der Waals surface area contributed by atoms with E-state index in [1.54, 1.807) is 19.2 Å². The van der Waals surface area contributed by atoms with Gasteiger partial charge in [0.1, 0.15) is 11.5 Å². The van der Waals surface area contributed by atoms with E-state index >= 15 is 0 Å². The maximum absolute atomic E-state index is 13.3. The fourth-order valence-corrected chi connectivity index (χ4v) is 4.27. The van der Waals surface area contributed by atoms with E-state index in [1.807, 2.05) is 49.8 Å². The molecule has 1 amide bonds. The summed E-state index contributed by atoms with van der Waals surface area (Å²) in [5, 5.41) is 8.28. The van der Waals surface area contributed by atoms with E-state index < -0.39 is 0 Å². The van der Waals surface area contributed by atoms with E-state index in [9.17, 15) is 4.79 Å². The minimum absolute atomic E-state index is 0.0958. The molecule has 1 atom stereocenters. The summed E-state index contributed by atoms with van der Waals surface area (Å²) in [6.07, 6.45) is 0.606. The molecule has 31 heavy (non-hydrogen) atoms. The largest absolute Gasteiger partial charge is 0.497 e. The highest BCUT2D eigenvalue weighted by Crippen LogP contribution is 2.36. The molecule has 4 rings (SSSR count). The van der Waals surface area contributed by atoms with Crippen LogP contribution in [0.4, 0.5) is 5.69 Å². The first-order valence-corrected chi connectivity index (χ1v) is 10.8. The number of hydrogen-bond donors (Lipinski definition) is 0. The van der Waals surface area contributed by atoms with Gasteiger partial charge >= 0.3 is 0 Å². The molecule has 1 aliphatic heterocycles. The van der Waals surface area contributed by atoms with E-state index in [4.69, 9.17) is 14.6 Å². The van der Waals surface area contributed by atoms with Gasteiger partial charge in [0.25, 0.3) is 5.91 Å². The molecular weight excluding hydrogens is 410 g/mol. The van der Waals surface area contributed by atoms with E-state index in [0.717, 1.165) is 22.5 Å². The van der Waals surface area contributed by atoms with Gasteiger partial charge in [-0.25, -0.2) is 5.01 Å². The number of methoxy groups -OCH3 is 2. The Morgan fingerprint density at radius 3 is 2.29 bits per heavy atom. The molecule has 6 nitrogen and oxygen atoms in total. The number of hydrogen-bond acceptors (Lipinski definition) is 6. The Kier molecular flexibility index (Phi) is 5.95. The number of benzene rings is 2. The van der Waals surface area contributed by atoms with Gasteiger partial charge in [-0.15, -0.1) is 11.3 Å². The van der Waals surface area contributed by atoms with Crippen LogP contribution in [0.2, 0.25) is 0 Å². The van der Waals surface area contributed by atoms with Crippen LogP contribution in [0.1, 0.15) is 33.3 Å². The first kappa shape index (κ1) is 20.9. The molecule has 0 aliphatic carbocycles. The quantitative estimate of drug-likeness (QED) is 0.557. The predicted molar refractivity (Wildman–Crippen MR) is 125 cm³/mol. The fourth-order valence-electron chi connectivity index (χ4n) is 3.61. The van der Waals surface area contributed by atoms with Crippen molar-refractivity contribution in [3.63, 3.8) is 0 Å². The number of ether oxygens (including phenoxy) is 2. The highest BCUT2D eigenvalue weighted by Gasteiger charge is 2.34. The summed E-state index contributed by atoms with van der Waals surface area (Å²) in [4.78, 5) is 16.0. The summed E-state index contributed by atoms with van der Waals surface area (Å²) in [6, 6.07) is 17.5. The van der Waals surface area contributed by atoms with E-state index in [1.165, 1.54) is 11.3 Å². The zero-order valence-electron chi connectivity index (χ0n) is 18.0. The van der Waals surface area contributed by atoms with Crippen LogP contribution in [0, 0.1) is 0 Å². The van der Waals surface area contributed by atoms with Crippen molar-refractivity contribution in [1.29, 1.82) is 0 Å². The summed E-state index contributed by atoms with van der Waals surface area (Å²) in [7, 11) is 7.26. The lowest BCUT2D eigenvalue weighted by molar-refractivity contribution is 0.0716. The van der Waals surface area contributed by atoms with Gasteiger partial charge in [-0.1, -0.05) is 18.2 Å². The number of anilines is 1. The zero-order chi connectivity index (χ0) is 22.0. The van der Waals surface area contributed by atoms with Gasteiger partial charge in [-0.3, -0.25) is 4.79 Å². The van der Waals surface area contributed by atoms with Crippen LogP contribution in [0.5, 0.6) is 11.5 Å².